The zero-order valence-corrected chi connectivity index (χ0v) is 15.2. The van der Waals surface area contributed by atoms with E-state index in [0.29, 0.717) is 10.8 Å². The number of amides is 1. The number of nitrogens with zero attached hydrogens (tertiary/aromatic N) is 3. The fourth-order valence-electron chi connectivity index (χ4n) is 2.29. The van der Waals surface area contributed by atoms with E-state index >= 15 is 0 Å². The number of thiazole rings is 1. The highest BCUT2D eigenvalue weighted by Gasteiger charge is 2.11. The van der Waals surface area contributed by atoms with Crippen molar-refractivity contribution in [1.82, 2.24) is 14.8 Å². The van der Waals surface area contributed by atoms with Crippen molar-refractivity contribution < 1.29 is 14.3 Å². The molecule has 0 aliphatic rings. The molecular formula is C18H18N4O3S. The SMILES string of the molecule is CC(C)n1nccc1NC(=O)COC(=O)/C=C/c1nc2ccccc2s1. The smallest absolute Gasteiger partial charge is 0.331 e. The van der Waals surface area contributed by atoms with Crippen LogP contribution in [0.2, 0.25) is 0 Å². The lowest BCUT2D eigenvalue weighted by Crippen LogP contribution is -2.22. The van der Waals surface area contributed by atoms with E-state index in [-0.39, 0.29) is 12.6 Å². The molecule has 0 fully saturated rings. The molecule has 0 radical (unpaired) electrons. The Hall–Kier alpha value is -3.00. The number of para-hydroxylation sites is 1. The second-order valence-electron chi connectivity index (χ2n) is 5.76. The van der Waals surface area contributed by atoms with Gasteiger partial charge in [-0.05, 0) is 32.1 Å². The van der Waals surface area contributed by atoms with E-state index in [1.165, 1.54) is 17.4 Å². The maximum Gasteiger partial charge on any atom is 0.331 e. The number of hydrogen-bond donors (Lipinski definition) is 1. The summed E-state index contributed by atoms with van der Waals surface area (Å²) in [6.45, 7) is 3.54. The molecule has 3 aromatic rings. The van der Waals surface area contributed by atoms with Crippen molar-refractivity contribution in [1.29, 1.82) is 0 Å². The van der Waals surface area contributed by atoms with Crippen molar-refractivity contribution in [2.24, 2.45) is 0 Å². The molecule has 7 nitrogen and oxygen atoms in total. The number of hydrogen-bond acceptors (Lipinski definition) is 6. The Labute approximate surface area is 154 Å². The summed E-state index contributed by atoms with van der Waals surface area (Å²) in [6, 6.07) is 9.52. The van der Waals surface area contributed by atoms with Crippen molar-refractivity contribution in [2.45, 2.75) is 19.9 Å². The molecule has 0 saturated carbocycles. The molecule has 134 valence electrons. The third kappa shape index (κ3) is 4.34. The van der Waals surface area contributed by atoms with E-state index in [2.05, 4.69) is 15.4 Å². The number of carbonyl (C=O) groups is 2. The van der Waals surface area contributed by atoms with Gasteiger partial charge >= 0.3 is 5.97 Å². The first-order valence-corrected chi connectivity index (χ1v) is 8.88. The molecule has 0 atom stereocenters. The Morgan fingerprint density at radius 2 is 2.12 bits per heavy atom. The lowest BCUT2D eigenvalue weighted by atomic mass is 10.3. The molecule has 0 bridgehead atoms. The summed E-state index contributed by atoms with van der Waals surface area (Å²) < 4.78 is 7.67. The largest absolute Gasteiger partial charge is 0.452 e. The van der Waals surface area contributed by atoms with Crippen molar-refractivity contribution in [2.75, 3.05) is 11.9 Å². The molecular weight excluding hydrogens is 352 g/mol. The predicted octanol–water partition coefficient (Wildman–Crippen LogP) is 3.27. The lowest BCUT2D eigenvalue weighted by molar-refractivity contribution is -0.142. The molecule has 0 spiro atoms. The summed E-state index contributed by atoms with van der Waals surface area (Å²) in [6.07, 6.45) is 4.45. The molecule has 3 rings (SSSR count). The third-order valence-corrected chi connectivity index (χ3v) is 4.45. The Morgan fingerprint density at radius 3 is 2.88 bits per heavy atom. The van der Waals surface area contributed by atoms with E-state index in [0.717, 1.165) is 10.2 Å². The maximum absolute atomic E-state index is 11.9. The number of fused-ring (bicyclic) bond motifs is 1. The summed E-state index contributed by atoms with van der Waals surface area (Å²) in [5.74, 6) is -0.461. The molecule has 1 N–H and O–H groups in total. The maximum atomic E-state index is 11.9. The minimum absolute atomic E-state index is 0.111. The van der Waals surface area contributed by atoms with Crippen LogP contribution < -0.4 is 5.32 Å². The van der Waals surface area contributed by atoms with Crippen molar-refractivity contribution in [3.05, 3.63) is 47.6 Å². The zero-order chi connectivity index (χ0) is 18.5. The van der Waals surface area contributed by atoms with Crippen LogP contribution in [-0.4, -0.2) is 33.2 Å². The van der Waals surface area contributed by atoms with Gasteiger partial charge in [0.1, 0.15) is 10.8 Å². The Kier molecular flexibility index (Phi) is 5.43. The fourth-order valence-corrected chi connectivity index (χ4v) is 3.16. The summed E-state index contributed by atoms with van der Waals surface area (Å²) in [4.78, 5) is 28.1. The second kappa shape index (κ2) is 7.92. The van der Waals surface area contributed by atoms with Crippen LogP contribution in [0.3, 0.4) is 0 Å². The quantitative estimate of drug-likeness (QED) is 0.532. The monoisotopic (exact) mass is 370 g/mol. The predicted molar refractivity (Wildman–Crippen MR) is 101 cm³/mol. The minimum Gasteiger partial charge on any atom is -0.452 e. The molecule has 2 aromatic heterocycles. The van der Waals surface area contributed by atoms with Crippen molar-refractivity contribution in [3.63, 3.8) is 0 Å². The molecule has 0 unspecified atom stereocenters. The number of ether oxygens (including phenoxy) is 1. The van der Waals surface area contributed by atoms with Crippen LogP contribution in [0.25, 0.3) is 16.3 Å². The summed E-state index contributed by atoms with van der Waals surface area (Å²) in [5, 5.41) is 7.49. The van der Waals surface area contributed by atoms with Crippen LogP contribution in [0, 0.1) is 0 Å². The number of carbonyl (C=O) groups excluding carboxylic acids is 2. The van der Waals surface area contributed by atoms with E-state index < -0.39 is 11.9 Å². The van der Waals surface area contributed by atoms with Gasteiger partial charge in [0.25, 0.3) is 5.91 Å². The number of esters is 1. The molecule has 1 amide bonds. The van der Waals surface area contributed by atoms with E-state index in [1.54, 1.807) is 23.0 Å². The number of anilines is 1. The van der Waals surface area contributed by atoms with Gasteiger partial charge in [0.2, 0.25) is 0 Å². The topological polar surface area (TPSA) is 86.1 Å². The minimum atomic E-state index is -0.600. The van der Waals surface area contributed by atoms with Gasteiger partial charge in [0, 0.05) is 18.2 Å². The fraction of sp³-hybridized carbons (Fsp3) is 0.222. The van der Waals surface area contributed by atoms with Crippen LogP contribution in [-0.2, 0) is 14.3 Å². The van der Waals surface area contributed by atoms with Crippen LogP contribution in [0.15, 0.2) is 42.6 Å². The molecule has 8 heteroatoms. The zero-order valence-electron chi connectivity index (χ0n) is 14.4. The number of benzene rings is 1. The Morgan fingerprint density at radius 1 is 1.31 bits per heavy atom. The van der Waals surface area contributed by atoms with Gasteiger partial charge in [-0.2, -0.15) is 5.10 Å². The van der Waals surface area contributed by atoms with Gasteiger partial charge in [0.05, 0.1) is 16.4 Å². The van der Waals surface area contributed by atoms with Crippen molar-refractivity contribution >= 4 is 45.3 Å². The van der Waals surface area contributed by atoms with Gasteiger partial charge in [-0.15, -0.1) is 11.3 Å². The highest BCUT2D eigenvalue weighted by atomic mass is 32.1. The summed E-state index contributed by atoms with van der Waals surface area (Å²) >= 11 is 1.48. The Bertz CT molecular complexity index is 925. The number of aromatic nitrogens is 3. The van der Waals surface area contributed by atoms with Crippen LogP contribution in [0.1, 0.15) is 24.9 Å². The van der Waals surface area contributed by atoms with Gasteiger partial charge in [0.15, 0.2) is 6.61 Å². The standard InChI is InChI=1S/C18H18N4O3S/c1-12(2)22-15(9-10-19-22)21-16(23)11-25-18(24)8-7-17-20-13-5-3-4-6-14(13)26-17/h3-10,12H,11H2,1-2H3,(H,21,23)/b8-7+. The highest BCUT2D eigenvalue weighted by Crippen LogP contribution is 2.22. The number of rotatable bonds is 6. The second-order valence-corrected chi connectivity index (χ2v) is 6.83. The van der Waals surface area contributed by atoms with Crippen LogP contribution >= 0.6 is 11.3 Å². The van der Waals surface area contributed by atoms with Gasteiger partial charge < -0.3 is 10.1 Å². The summed E-state index contributed by atoms with van der Waals surface area (Å²) in [7, 11) is 0. The highest BCUT2D eigenvalue weighted by molar-refractivity contribution is 7.19. The molecule has 0 aliphatic carbocycles. The van der Waals surface area contributed by atoms with E-state index in [1.807, 2.05) is 38.1 Å². The van der Waals surface area contributed by atoms with Crippen molar-refractivity contribution in [3.8, 4) is 0 Å². The van der Waals surface area contributed by atoms with E-state index in [4.69, 9.17) is 4.74 Å². The molecule has 0 aliphatic heterocycles. The van der Waals surface area contributed by atoms with Gasteiger partial charge in [-0.1, -0.05) is 12.1 Å². The lowest BCUT2D eigenvalue weighted by Gasteiger charge is -2.11. The molecule has 0 saturated heterocycles. The Balaban J connectivity index is 1.51. The van der Waals surface area contributed by atoms with Gasteiger partial charge in [-0.3, -0.25) is 4.79 Å². The van der Waals surface area contributed by atoms with Crippen LogP contribution in [0.5, 0.6) is 0 Å². The average molecular weight is 370 g/mol. The first kappa shape index (κ1) is 17.8. The molecule has 1 aromatic carbocycles. The number of nitrogens with one attached hydrogen (secondary N) is 1. The third-order valence-electron chi connectivity index (χ3n) is 3.44. The van der Waals surface area contributed by atoms with E-state index in [9.17, 15) is 9.59 Å². The van der Waals surface area contributed by atoms with Gasteiger partial charge in [-0.25, -0.2) is 14.5 Å². The average Bonchev–Trinajstić information content (AvgIpc) is 3.24. The normalized spacial score (nSPS) is 11.3. The first-order chi connectivity index (χ1) is 12.5. The first-order valence-electron chi connectivity index (χ1n) is 8.06. The molecule has 26 heavy (non-hydrogen) atoms. The van der Waals surface area contributed by atoms with Crippen LogP contribution in [0.4, 0.5) is 5.82 Å². The summed E-state index contributed by atoms with van der Waals surface area (Å²) in [5.41, 5.74) is 0.881. The molecule has 2 heterocycles.